The fraction of sp³-hybridized carbons (Fsp3) is 0.194. The minimum atomic E-state index is 0.140. The van der Waals surface area contributed by atoms with Gasteiger partial charge in [-0.05, 0) is 49.5 Å². The van der Waals surface area contributed by atoms with Gasteiger partial charge in [-0.1, -0.05) is 77.3 Å². The van der Waals surface area contributed by atoms with Crippen LogP contribution in [-0.4, -0.2) is 15.3 Å². The summed E-state index contributed by atoms with van der Waals surface area (Å²) in [4.78, 5) is 18.4. The smallest absolute Gasteiger partial charge is 0.151 e. The Balaban J connectivity index is 1.72. The maximum atomic E-state index is 11.9. The van der Waals surface area contributed by atoms with Gasteiger partial charge in [0.15, 0.2) is 5.82 Å². The van der Waals surface area contributed by atoms with Gasteiger partial charge in [0.1, 0.15) is 11.9 Å². The highest BCUT2D eigenvalue weighted by atomic mass is 35.5. The molecule has 0 aliphatic heterocycles. The van der Waals surface area contributed by atoms with Gasteiger partial charge in [-0.15, -0.1) is 11.3 Å². The first-order valence-corrected chi connectivity index (χ1v) is 14.0. The van der Waals surface area contributed by atoms with Gasteiger partial charge >= 0.3 is 0 Å². The summed E-state index contributed by atoms with van der Waals surface area (Å²) in [7, 11) is 0. The summed E-state index contributed by atoms with van der Waals surface area (Å²) in [5.74, 6) is 0.909. The number of halogens is 2. The van der Waals surface area contributed by atoms with E-state index < -0.39 is 0 Å². The summed E-state index contributed by atoms with van der Waals surface area (Å²) in [5.41, 5.74) is 5.26. The number of Topliss-reactive ketones (excluding diaryl/α,β-unsaturated/α-hetero) is 1. The normalized spacial score (nSPS) is 13.4. The van der Waals surface area contributed by atoms with E-state index in [9.17, 15) is 10.1 Å². The molecule has 4 aromatic rings. The predicted octanol–water partition coefficient (Wildman–Crippen LogP) is 8.98. The van der Waals surface area contributed by atoms with E-state index in [0.717, 1.165) is 62.7 Å². The van der Waals surface area contributed by atoms with Crippen molar-refractivity contribution >= 4 is 45.9 Å². The molecule has 0 amide bonds. The Bertz CT molecular complexity index is 1610. The first-order valence-electron chi connectivity index (χ1n) is 12.4. The van der Waals surface area contributed by atoms with Gasteiger partial charge in [-0.2, -0.15) is 5.26 Å². The van der Waals surface area contributed by atoms with E-state index in [4.69, 9.17) is 28.2 Å². The van der Waals surface area contributed by atoms with E-state index in [1.165, 1.54) is 0 Å². The molecular formula is C31H25Cl2N3OS. The van der Waals surface area contributed by atoms with Crippen molar-refractivity contribution in [2.75, 3.05) is 0 Å². The maximum Gasteiger partial charge on any atom is 0.151 e. The van der Waals surface area contributed by atoms with Crippen LogP contribution in [-0.2, 0) is 11.3 Å². The number of nitriles is 1. The molecule has 4 nitrogen and oxygen atoms in total. The molecule has 0 unspecified atom stereocenters. The molecule has 0 atom stereocenters. The third kappa shape index (κ3) is 5.54. The number of carbonyl (C=O) groups is 1. The second kappa shape index (κ2) is 11.5. The number of imidazole rings is 1. The average Bonchev–Trinajstić information content (AvgIpc) is 3.42. The Kier molecular flexibility index (Phi) is 7.95. The molecule has 0 fully saturated rings. The first-order chi connectivity index (χ1) is 18.4. The largest absolute Gasteiger partial charge is 0.326 e. The van der Waals surface area contributed by atoms with Gasteiger partial charge in [0, 0.05) is 46.5 Å². The molecule has 2 aromatic heterocycles. The van der Waals surface area contributed by atoms with E-state index in [-0.39, 0.29) is 5.78 Å². The summed E-state index contributed by atoms with van der Waals surface area (Å²) in [6.07, 6.45) is 11.2. The number of carbonyl (C=O) groups excluding carboxylic acids is 1. The lowest BCUT2D eigenvalue weighted by molar-refractivity contribution is -0.116. The molecule has 0 saturated heterocycles. The number of thiophene rings is 1. The van der Waals surface area contributed by atoms with Crippen molar-refractivity contribution in [3.05, 3.63) is 105 Å². The van der Waals surface area contributed by atoms with Crippen LogP contribution in [0.5, 0.6) is 0 Å². The fourth-order valence-corrected chi connectivity index (χ4v) is 6.62. The van der Waals surface area contributed by atoms with E-state index >= 15 is 0 Å². The molecule has 0 N–H and O–H groups in total. The van der Waals surface area contributed by atoms with Crippen molar-refractivity contribution in [3.63, 3.8) is 0 Å². The Labute approximate surface area is 236 Å². The number of hydrogen-bond acceptors (Lipinski definition) is 4. The summed E-state index contributed by atoms with van der Waals surface area (Å²) in [6.45, 7) is 2.26. The molecule has 1 aliphatic carbocycles. The van der Waals surface area contributed by atoms with E-state index in [0.29, 0.717) is 28.6 Å². The van der Waals surface area contributed by atoms with Crippen molar-refractivity contribution in [3.8, 4) is 27.9 Å². The molecule has 2 heterocycles. The molecule has 2 aromatic carbocycles. The topological polar surface area (TPSA) is 58.7 Å². The SMILES string of the molecule is CC(=O)CC1=CC(c2sc(-c3nccn3Cc3ccccc3)c(-c3ccc(Cl)cc3Cl)c2C#N)=CCCC1. The summed E-state index contributed by atoms with van der Waals surface area (Å²) >= 11 is 14.5. The third-order valence-electron chi connectivity index (χ3n) is 6.50. The zero-order valence-corrected chi connectivity index (χ0v) is 23.2. The number of allylic oxidation sites excluding steroid dienone is 4. The lowest BCUT2D eigenvalue weighted by atomic mass is 9.97. The van der Waals surface area contributed by atoms with Gasteiger partial charge in [0.05, 0.1) is 15.3 Å². The Morgan fingerprint density at radius 1 is 1.16 bits per heavy atom. The zero-order valence-electron chi connectivity index (χ0n) is 20.9. The lowest BCUT2D eigenvalue weighted by Crippen LogP contribution is -2.01. The molecule has 0 radical (unpaired) electrons. The third-order valence-corrected chi connectivity index (χ3v) is 8.28. The minimum Gasteiger partial charge on any atom is -0.326 e. The van der Waals surface area contributed by atoms with E-state index in [1.54, 1.807) is 36.6 Å². The number of ketones is 1. The number of rotatable bonds is 7. The van der Waals surface area contributed by atoms with Gasteiger partial charge in [-0.25, -0.2) is 4.98 Å². The quantitative estimate of drug-likeness (QED) is 0.227. The number of aromatic nitrogens is 2. The molecule has 0 spiro atoms. The van der Waals surface area contributed by atoms with Gasteiger partial charge in [-0.3, -0.25) is 4.79 Å². The number of benzene rings is 2. The molecule has 0 saturated carbocycles. The standard InChI is InChI=1S/C31H25Cl2N3OS/c1-20(37)15-22-9-5-6-10-23(16-22)29-26(18-34)28(25-12-11-24(32)17-27(25)33)30(38-29)31-35-13-14-36(31)19-21-7-3-2-4-8-21/h2-4,7-8,10-14,16-17H,5-6,9,15,19H2,1H3. The second-order valence-electron chi connectivity index (χ2n) is 9.34. The molecule has 190 valence electrons. The van der Waals surface area contributed by atoms with Crippen LogP contribution in [0.1, 0.15) is 48.6 Å². The maximum absolute atomic E-state index is 11.9. The average molecular weight is 559 g/mol. The summed E-state index contributed by atoms with van der Waals surface area (Å²) in [5, 5.41) is 11.5. The van der Waals surface area contributed by atoms with Crippen LogP contribution in [0.3, 0.4) is 0 Å². The van der Waals surface area contributed by atoms with Crippen LogP contribution in [0.15, 0.2) is 78.6 Å². The van der Waals surface area contributed by atoms with Crippen molar-refractivity contribution in [1.82, 2.24) is 9.55 Å². The van der Waals surface area contributed by atoms with E-state index in [1.807, 2.05) is 30.5 Å². The highest BCUT2D eigenvalue weighted by Gasteiger charge is 2.26. The second-order valence-corrected chi connectivity index (χ2v) is 11.2. The molecule has 0 bridgehead atoms. The summed E-state index contributed by atoms with van der Waals surface area (Å²) in [6, 6.07) is 18.0. The van der Waals surface area contributed by atoms with Crippen LogP contribution < -0.4 is 0 Å². The van der Waals surface area contributed by atoms with Crippen LogP contribution in [0.2, 0.25) is 10.0 Å². The lowest BCUT2D eigenvalue weighted by Gasteiger charge is -2.10. The van der Waals surface area contributed by atoms with Crippen molar-refractivity contribution in [2.45, 2.75) is 39.2 Å². The van der Waals surface area contributed by atoms with Crippen molar-refractivity contribution < 1.29 is 4.79 Å². The Morgan fingerprint density at radius 3 is 2.71 bits per heavy atom. The monoisotopic (exact) mass is 557 g/mol. The van der Waals surface area contributed by atoms with Crippen LogP contribution >= 0.6 is 34.5 Å². The fourth-order valence-electron chi connectivity index (χ4n) is 4.83. The van der Waals surface area contributed by atoms with Crippen molar-refractivity contribution in [1.29, 1.82) is 5.26 Å². The number of hydrogen-bond donors (Lipinski definition) is 0. The highest BCUT2D eigenvalue weighted by molar-refractivity contribution is 7.17. The molecule has 7 heteroatoms. The number of nitrogens with zero attached hydrogens (tertiary/aromatic N) is 3. The minimum absolute atomic E-state index is 0.140. The molecule has 5 rings (SSSR count). The van der Waals surface area contributed by atoms with Gasteiger partial charge in [0.25, 0.3) is 0 Å². The van der Waals surface area contributed by atoms with Crippen molar-refractivity contribution in [2.24, 2.45) is 0 Å². The Morgan fingerprint density at radius 2 is 1.97 bits per heavy atom. The molecule has 1 aliphatic rings. The van der Waals surface area contributed by atoms with Crippen LogP contribution in [0.25, 0.3) is 27.4 Å². The predicted molar refractivity (Wildman–Crippen MR) is 156 cm³/mol. The Hall–Kier alpha value is -3.43. The summed E-state index contributed by atoms with van der Waals surface area (Å²) < 4.78 is 2.10. The van der Waals surface area contributed by atoms with Crippen LogP contribution in [0.4, 0.5) is 0 Å². The van der Waals surface area contributed by atoms with Gasteiger partial charge < -0.3 is 4.57 Å². The molecular weight excluding hydrogens is 533 g/mol. The van der Waals surface area contributed by atoms with Crippen LogP contribution in [0, 0.1) is 11.3 Å². The first kappa shape index (κ1) is 26.2. The van der Waals surface area contributed by atoms with E-state index in [2.05, 4.69) is 34.9 Å². The van der Waals surface area contributed by atoms with Gasteiger partial charge in [0.2, 0.25) is 0 Å². The highest BCUT2D eigenvalue weighted by Crippen LogP contribution is 2.48. The zero-order chi connectivity index (χ0) is 26.6. The molecule has 38 heavy (non-hydrogen) atoms.